The van der Waals surface area contributed by atoms with Crippen molar-refractivity contribution in [1.29, 1.82) is 0 Å². The average Bonchev–Trinajstić information content (AvgIpc) is 2.44. The van der Waals surface area contributed by atoms with Crippen LogP contribution < -0.4 is 17.2 Å². The molecule has 0 saturated carbocycles. The number of carbonyl (C=O) groups is 3. The van der Waals surface area contributed by atoms with E-state index in [9.17, 15) is 14.4 Å². The van der Waals surface area contributed by atoms with Gasteiger partial charge >= 0.3 is 17.9 Å². The van der Waals surface area contributed by atoms with E-state index in [4.69, 9.17) is 27.0 Å². The van der Waals surface area contributed by atoms with Crippen molar-refractivity contribution in [3.63, 3.8) is 0 Å². The molecular weight excluding hydrogens is 294 g/mol. The zero-order valence-electron chi connectivity index (χ0n) is 13.0. The van der Waals surface area contributed by atoms with E-state index in [2.05, 4.69) is 4.74 Å². The molecule has 0 fully saturated rings. The Morgan fingerprint density at radius 1 is 0.955 bits per heavy atom. The van der Waals surface area contributed by atoms with E-state index >= 15 is 0 Å². The molecule has 0 spiro atoms. The minimum Gasteiger partial charge on any atom is -0.459 e. The van der Waals surface area contributed by atoms with Gasteiger partial charge in [-0.2, -0.15) is 0 Å². The summed E-state index contributed by atoms with van der Waals surface area (Å²) in [5.74, 6) is -2.70. The molecule has 0 heterocycles. The molecule has 0 aliphatic carbocycles. The second-order valence-electron chi connectivity index (χ2n) is 5.43. The normalized spacial score (nSPS) is 16.5. The van der Waals surface area contributed by atoms with E-state index in [1.165, 1.54) is 6.92 Å². The van der Waals surface area contributed by atoms with Crippen LogP contribution in [0.3, 0.4) is 0 Å². The molecule has 7 N–H and O–H groups in total. The molecular formula is C13H25N3O6. The van der Waals surface area contributed by atoms with Crippen molar-refractivity contribution in [2.45, 2.75) is 51.4 Å². The van der Waals surface area contributed by atoms with Crippen molar-refractivity contribution < 1.29 is 29.0 Å². The fourth-order valence-corrected chi connectivity index (χ4v) is 1.46. The first-order chi connectivity index (χ1) is 10.1. The van der Waals surface area contributed by atoms with Gasteiger partial charge in [-0.05, 0) is 19.3 Å². The Morgan fingerprint density at radius 3 is 1.95 bits per heavy atom. The van der Waals surface area contributed by atoms with Gasteiger partial charge in [0.1, 0.15) is 24.2 Å². The predicted molar refractivity (Wildman–Crippen MR) is 77.1 cm³/mol. The second kappa shape index (κ2) is 9.46. The number of ether oxygens (including phenoxy) is 2. The van der Waals surface area contributed by atoms with Gasteiger partial charge in [-0.15, -0.1) is 0 Å². The summed E-state index contributed by atoms with van der Waals surface area (Å²) in [5.41, 5.74) is 16.4. The Kier molecular flexibility index (Phi) is 8.80. The zero-order valence-corrected chi connectivity index (χ0v) is 13.0. The van der Waals surface area contributed by atoms with E-state index < -0.39 is 48.7 Å². The second-order valence-corrected chi connectivity index (χ2v) is 5.43. The summed E-state index contributed by atoms with van der Waals surface area (Å²) < 4.78 is 9.36. The highest BCUT2D eigenvalue weighted by Crippen LogP contribution is 2.06. The number of nitrogens with two attached hydrogens (primary N) is 3. The maximum atomic E-state index is 11.7. The molecule has 0 aromatic rings. The van der Waals surface area contributed by atoms with Gasteiger partial charge in [0.25, 0.3) is 0 Å². The molecule has 22 heavy (non-hydrogen) atoms. The first-order valence-corrected chi connectivity index (χ1v) is 6.93. The Balaban J connectivity index is 4.47. The smallest absolute Gasteiger partial charge is 0.334 e. The van der Waals surface area contributed by atoms with Crippen LogP contribution in [-0.2, 0) is 23.9 Å². The quantitative estimate of drug-likeness (QED) is 0.292. The topological polar surface area (TPSA) is 168 Å². The number of hydrogen-bond donors (Lipinski definition) is 4. The lowest BCUT2D eigenvalue weighted by Gasteiger charge is -2.21. The van der Waals surface area contributed by atoms with Crippen LogP contribution in [0.15, 0.2) is 0 Å². The van der Waals surface area contributed by atoms with Crippen LogP contribution in [0, 0.1) is 5.92 Å². The standard InChI is InChI=1S/C13H25N3O6/c1-6(2)4-8(14)11(18)22-13(20)10(16)7(3)21-12(19)9(15)5-17/h6-10,17H,4-5,14-16H2,1-3H3/t7-,8+,9+,10+/m1/s1. The number of carbonyl (C=O) groups excluding carboxylic acids is 3. The van der Waals surface area contributed by atoms with Crippen LogP contribution in [0.25, 0.3) is 0 Å². The third-order valence-electron chi connectivity index (χ3n) is 2.81. The molecule has 0 aromatic heterocycles. The molecule has 0 bridgehead atoms. The Morgan fingerprint density at radius 2 is 1.50 bits per heavy atom. The van der Waals surface area contributed by atoms with Crippen LogP contribution in [0.5, 0.6) is 0 Å². The van der Waals surface area contributed by atoms with Crippen LogP contribution in [-0.4, -0.2) is 53.9 Å². The summed E-state index contributed by atoms with van der Waals surface area (Å²) in [6, 6.07) is -3.53. The maximum Gasteiger partial charge on any atom is 0.334 e. The van der Waals surface area contributed by atoms with Crippen molar-refractivity contribution in [3.05, 3.63) is 0 Å². The maximum absolute atomic E-state index is 11.7. The van der Waals surface area contributed by atoms with Crippen molar-refractivity contribution >= 4 is 17.9 Å². The van der Waals surface area contributed by atoms with Gasteiger partial charge in [-0.3, -0.25) is 4.79 Å². The minimum absolute atomic E-state index is 0.158. The van der Waals surface area contributed by atoms with E-state index in [1.54, 1.807) is 0 Å². The molecule has 0 radical (unpaired) electrons. The lowest BCUT2D eigenvalue weighted by Crippen LogP contribution is -2.48. The summed E-state index contributed by atoms with van der Waals surface area (Å²) in [6.07, 6.45) is -0.719. The summed E-state index contributed by atoms with van der Waals surface area (Å²) in [4.78, 5) is 34.7. The molecule has 0 aromatic carbocycles. The van der Waals surface area contributed by atoms with Crippen molar-refractivity contribution in [1.82, 2.24) is 0 Å². The Hall–Kier alpha value is -1.55. The molecule has 0 rings (SSSR count). The summed E-state index contributed by atoms with van der Waals surface area (Å²) in [6.45, 7) is 4.47. The van der Waals surface area contributed by atoms with E-state index in [0.717, 1.165) is 0 Å². The molecule has 128 valence electrons. The van der Waals surface area contributed by atoms with E-state index in [-0.39, 0.29) is 5.92 Å². The van der Waals surface area contributed by atoms with Gasteiger partial charge in [0.2, 0.25) is 0 Å². The first-order valence-electron chi connectivity index (χ1n) is 6.93. The van der Waals surface area contributed by atoms with Crippen LogP contribution in [0.1, 0.15) is 27.2 Å². The van der Waals surface area contributed by atoms with E-state index in [1.807, 2.05) is 13.8 Å². The number of esters is 3. The molecule has 9 nitrogen and oxygen atoms in total. The van der Waals surface area contributed by atoms with Gasteiger partial charge in [-0.1, -0.05) is 13.8 Å². The van der Waals surface area contributed by atoms with Crippen molar-refractivity contribution in [2.24, 2.45) is 23.1 Å². The lowest BCUT2D eigenvalue weighted by molar-refractivity contribution is -0.165. The molecule has 0 saturated heterocycles. The summed E-state index contributed by atoms with van der Waals surface area (Å²) >= 11 is 0. The summed E-state index contributed by atoms with van der Waals surface area (Å²) in [5, 5.41) is 8.71. The Labute approximate surface area is 129 Å². The van der Waals surface area contributed by atoms with Crippen molar-refractivity contribution in [3.8, 4) is 0 Å². The Bertz CT molecular complexity index is 401. The van der Waals surface area contributed by atoms with Gasteiger partial charge in [0.05, 0.1) is 6.61 Å². The van der Waals surface area contributed by atoms with Gasteiger partial charge < -0.3 is 31.8 Å². The zero-order chi connectivity index (χ0) is 17.4. The van der Waals surface area contributed by atoms with Gasteiger partial charge in [-0.25, -0.2) is 9.59 Å². The SMILES string of the molecule is CC(C)C[C@H](N)C(=O)OC(=O)[C@@H](N)[C@@H](C)OC(=O)[C@@H](N)CO. The van der Waals surface area contributed by atoms with Crippen LogP contribution >= 0.6 is 0 Å². The molecule has 0 amide bonds. The van der Waals surface area contributed by atoms with E-state index in [0.29, 0.717) is 6.42 Å². The molecule has 0 unspecified atom stereocenters. The number of hydrogen-bond acceptors (Lipinski definition) is 9. The van der Waals surface area contributed by atoms with Gasteiger partial charge in [0, 0.05) is 0 Å². The van der Waals surface area contributed by atoms with Gasteiger partial charge in [0.15, 0.2) is 0 Å². The number of aliphatic hydroxyl groups excluding tert-OH is 1. The average molecular weight is 319 g/mol. The highest BCUT2D eigenvalue weighted by molar-refractivity contribution is 5.91. The lowest BCUT2D eigenvalue weighted by atomic mass is 10.0. The van der Waals surface area contributed by atoms with Crippen molar-refractivity contribution in [2.75, 3.05) is 6.61 Å². The fraction of sp³-hybridized carbons (Fsp3) is 0.769. The minimum atomic E-state index is -1.37. The third kappa shape index (κ3) is 6.94. The highest BCUT2D eigenvalue weighted by Gasteiger charge is 2.30. The molecule has 0 aliphatic rings. The highest BCUT2D eigenvalue weighted by atomic mass is 16.6. The monoisotopic (exact) mass is 319 g/mol. The molecule has 9 heteroatoms. The van der Waals surface area contributed by atoms with Crippen LogP contribution in [0.2, 0.25) is 0 Å². The third-order valence-corrected chi connectivity index (χ3v) is 2.81. The predicted octanol–water partition coefficient (Wildman–Crippen LogP) is -1.99. The largest absolute Gasteiger partial charge is 0.459 e. The van der Waals surface area contributed by atoms with Crippen LogP contribution in [0.4, 0.5) is 0 Å². The molecule has 0 aliphatic heterocycles. The number of aliphatic hydroxyl groups is 1. The summed E-state index contributed by atoms with van der Waals surface area (Å²) in [7, 11) is 0. The fourth-order valence-electron chi connectivity index (χ4n) is 1.46. The number of rotatable bonds is 8. The molecule has 4 atom stereocenters. The first kappa shape index (κ1) is 20.5.